The van der Waals surface area contributed by atoms with E-state index in [1.54, 1.807) is 12.1 Å². The molecule has 0 radical (unpaired) electrons. The number of benzene rings is 1. The Morgan fingerprint density at radius 2 is 1.79 bits per heavy atom. The summed E-state index contributed by atoms with van der Waals surface area (Å²) in [7, 11) is 0. The molecule has 0 aliphatic rings. The highest BCUT2D eigenvalue weighted by Gasteiger charge is 2.30. The highest BCUT2D eigenvalue weighted by molar-refractivity contribution is 5.96. The lowest BCUT2D eigenvalue weighted by Crippen LogP contribution is -2.34. The van der Waals surface area contributed by atoms with E-state index in [1.165, 1.54) is 6.92 Å². The monoisotopic (exact) mass is 407 g/mol. The number of aryl methyl sites for hydroxylation is 3. The van der Waals surface area contributed by atoms with Crippen molar-refractivity contribution in [1.82, 2.24) is 0 Å². The van der Waals surface area contributed by atoms with Gasteiger partial charge in [0.2, 0.25) is 0 Å². The Morgan fingerprint density at radius 1 is 1.10 bits per heavy atom. The van der Waals surface area contributed by atoms with E-state index in [0.717, 1.165) is 17.2 Å². The molecule has 3 unspecified atom stereocenters. The molecule has 3 atom stereocenters. The van der Waals surface area contributed by atoms with E-state index in [4.69, 9.17) is 14.3 Å². The first kappa shape index (κ1) is 22.6. The molecule has 0 bridgehead atoms. The van der Waals surface area contributed by atoms with Gasteiger partial charge in [0.1, 0.15) is 35.4 Å². The van der Waals surface area contributed by atoms with Crippen LogP contribution in [-0.4, -0.2) is 57.7 Å². The van der Waals surface area contributed by atoms with Crippen molar-refractivity contribution < 1.29 is 39.2 Å². The predicted octanol–water partition coefficient (Wildman–Crippen LogP) is 0.748. The van der Waals surface area contributed by atoms with E-state index in [-0.39, 0.29) is 17.1 Å². The molecule has 0 spiro atoms. The Balaban J connectivity index is 1.97. The average Bonchev–Trinajstić information content (AvgIpc) is 3.08. The van der Waals surface area contributed by atoms with Crippen LogP contribution < -0.4 is 5.32 Å². The number of carbonyl (C=O) groups is 2. The van der Waals surface area contributed by atoms with Crippen LogP contribution >= 0.6 is 0 Å². The Kier molecular flexibility index (Phi) is 7.52. The summed E-state index contributed by atoms with van der Waals surface area (Å²) >= 11 is 0. The van der Waals surface area contributed by atoms with Crippen LogP contribution in [0.5, 0.6) is 0 Å². The standard InChI is InChI=1S/C20H25NO8/c1-10-4-5-13(6-11(10)2)21-17(24)9-28-20(27)14-7-16(29-12(14)3)19(26)18(25)15(23)8-22/h4-7,15,18-19,22-23,25-26H,8-9H2,1-3H3,(H,21,24). The van der Waals surface area contributed by atoms with Crippen LogP contribution in [0.3, 0.4) is 0 Å². The molecule has 2 aromatic rings. The van der Waals surface area contributed by atoms with Gasteiger partial charge in [-0.2, -0.15) is 0 Å². The van der Waals surface area contributed by atoms with Crippen LogP contribution in [0, 0.1) is 20.8 Å². The maximum Gasteiger partial charge on any atom is 0.342 e. The van der Waals surface area contributed by atoms with Gasteiger partial charge in [-0.25, -0.2) is 4.79 Å². The fraction of sp³-hybridized carbons (Fsp3) is 0.400. The number of anilines is 1. The molecular formula is C20H25NO8. The summed E-state index contributed by atoms with van der Waals surface area (Å²) in [5, 5.41) is 40.6. The van der Waals surface area contributed by atoms with Crippen molar-refractivity contribution in [3.8, 4) is 0 Å². The molecule has 0 aliphatic heterocycles. The summed E-state index contributed by atoms with van der Waals surface area (Å²) in [5.41, 5.74) is 2.63. The van der Waals surface area contributed by atoms with Crippen LogP contribution in [0.4, 0.5) is 5.69 Å². The van der Waals surface area contributed by atoms with Gasteiger partial charge in [-0.05, 0) is 50.1 Å². The van der Waals surface area contributed by atoms with E-state index < -0.39 is 43.4 Å². The van der Waals surface area contributed by atoms with Crippen molar-refractivity contribution in [3.63, 3.8) is 0 Å². The number of carbonyl (C=O) groups excluding carboxylic acids is 2. The summed E-state index contributed by atoms with van der Waals surface area (Å²) < 4.78 is 10.2. The van der Waals surface area contributed by atoms with Gasteiger partial charge in [-0.15, -0.1) is 0 Å². The molecular weight excluding hydrogens is 382 g/mol. The van der Waals surface area contributed by atoms with Crippen molar-refractivity contribution in [2.45, 2.75) is 39.1 Å². The van der Waals surface area contributed by atoms with Gasteiger partial charge >= 0.3 is 5.97 Å². The maximum absolute atomic E-state index is 12.2. The third-order valence-corrected chi connectivity index (χ3v) is 4.48. The van der Waals surface area contributed by atoms with Gasteiger partial charge in [0.15, 0.2) is 6.61 Å². The van der Waals surface area contributed by atoms with E-state index in [9.17, 15) is 24.9 Å². The normalized spacial score (nSPS) is 14.2. The number of furan rings is 1. The Labute approximate surface area is 167 Å². The third kappa shape index (κ3) is 5.64. The highest BCUT2D eigenvalue weighted by Crippen LogP contribution is 2.25. The van der Waals surface area contributed by atoms with Gasteiger partial charge in [0, 0.05) is 5.69 Å². The summed E-state index contributed by atoms with van der Waals surface area (Å²) in [6.07, 6.45) is -4.96. The van der Waals surface area contributed by atoms with Gasteiger partial charge in [0.05, 0.1) is 6.61 Å². The zero-order valence-electron chi connectivity index (χ0n) is 16.4. The number of aliphatic hydroxyl groups excluding tert-OH is 4. The molecule has 5 N–H and O–H groups in total. The van der Waals surface area contributed by atoms with E-state index in [2.05, 4.69) is 5.32 Å². The Bertz CT molecular complexity index is 875. The topological polar surface area (TPSA) is 149 Å². The number of aliphatic hydroxyl groups is 4. The molecule has 1 aromatic carbocycles. The molecule has 0 aliphatic carbocycles. The van der Waals surface area contributed by atoms with Crippen molar-refractivity contribution in [1.29, 1.82) is 0 Å². The van der Waals surface area contributed by atoms with Crippen LogP contribution in [0.25, 0.3) is 0 Å². The first-order valence-electron chi connectivity index (χ1n) is 8.93. The first-order chi connectivity index (χ1) is 13.6. The lowest BCUT2D eigenvalue weighted by Gasteiger charge is -2.19. The maximum atomic E-state index is 12.2. The largest absolute Gasteiger partial charge is 0.463 e. The quantitative estimate of drug-likeness (QED) is 0.402. The van der Waals surface area contributed by atoms with Crippen LogP contribution in [-0.2, 0) is 9.53 Å². The second kappa shape index (κ2) is 9.66. The van der Waals surface area contributed by atoms with Crippen molar-refractivity contribution in [2.75, 3.05) is 18.5 Å². The molecule has 1 aromatic heterocycles. The minimum Gasteiger partial charge on any atom is -0.463 e. The molecule has 9 heteroatoms. The highest BCUT2D eigenvalue weighted by atomic mass is 16.5. The zero-order chi connectivity index (χ0) is 21.7. The summed E-state index contributed by atoms with van der Waals surface area (Å²) in [5.74, 6) is -1.46. The van der Waals surface area contributed by atoms with Gasteiger partial charge in [0.25, 0.3) is 5.91 Å². The number of hydrogen-bond donors (Lipinski definition) is 5. The van der Waals surface area contributed by atoms with Crippen LogP contribution in [0.15, 0.2) is 28.7 Å². The lowest BCUT2D eigenvalue weighted by molar-refractivity contribution is -0.119. The Hall–Kier alpha value is -2.72. The molecule has 2 rings (SSSR count). The fourth-order valence-corrected chi connectivity index (χ4v) is 2.57. The molecule has 0 fully saturated rings. The number of hydrogen-bond acceptors (Lipinski definition) is 8. The van der Waals surface area contributed by atoms with E-state index >= 15 is 0 Å². The number of rotatable bonds is 8. The summed E-state index contributed by atoms with van der Waals surface area (Å²) in [4.78, 5) is 24.2. The Morgan fingerprint density at radius 3 is 2.41 bits per heavy atom. The fourth-order valence-electron chi connectivity index (χ4n) is 2.57. The van der Waals surface area contributed by atoms with Crippen LogP contribution in [0.2, 0.25) is 0 Å². The van der Waals surface area contributed by atoms with Crippen molar-refractivity contribution in [2.24, 2.45) is 0 Å². The van der Waals surface area contributed by atoms with E-state index in [1.807, 2.05) is 19.9 Å². The molecule has 0 saturated carbocycles. The van der Waals surface area contributed by atoms with E-state index in [0.29, 0.717) is 5.69 Å². The third-order valence-electron chi connectivity index (χ3n) is 4.48. The second-order valence-corrected chi connectivity index (χ2v) is 6.73. The molecule has 158 valence electrons. The van der Waals surface area contributed by atoms with Crippen molar-refractivity contribution in [3.05, 3.63) is 52.5 Å². The second-order valence-electron chi connectivity index (χ2n) is 6.73. The summed E-state index contributed by atoms with van der Waals surface area (Å²) in [6, 6.07) is 6.55. The lowest BCUT2D eigenvalue weighted by atomic mass is 10.1. The molecule has 9 nitrogen and oxygen atoms in total. The van der Waals surface area contributed by atoms with Gasteiger partial charge in [-0.3, -0.25) is 4.79 Å². The number of amides is 1. The minimum absolute atomic E-state index is 0.0382. The number of esters is 1. The zero-order valence-corrected chi connectivity index (χ0v) is 16.4. The van der Waals surface area contributed by atoms with Gasteiger partial charge in [-0.1, -0.05) is 6.07 Å². The minimum atomic E-state index is -1.71. The summed E-state index contributed by atoms with van der Waals surface area (Å²) in [6.45, 7) is 4.01. The molecule has 1 amide bonds. The van der Waals surface area contributed by atoms with Crippen LogP contribution in [0.1, 0.15) is 39.1 Å². The number of nitrogens with one attached hydrogen (secondary N) is 1. The predicted molar refractivity (Wildman–Crippen MR) is 102 cm³/mol. The molecule has 0 saturated heterocycles. The average molecular weight is 407 g/mol. The van der Waals surface area contributed by atoms with Crippen molar-refractivity contribution >= 4 is 17.6 Å². The smallest absolute Gasteiger partial charge is 0.342 e. The molecule has 1 heterocycles. The van der Waals surface area contributed by atoms with Gasteiger partial charge < -0.3 is 34.9 Å². The number of ether oxygens (including phenoxy) is 1. The molecule has 29 heavy (non-hydrogen) atoms. The first-order valence-corrected chi connectivity index (χ1v) is 8.93. The SMILES string of the molecule is Cc1ccc(NC(=O)COC(=O)c2cc(C(O)C(O)C(O)CO)oc2C)cc1C.